The fraction of sp³-hybridized carbons (Fsp3) is 0.562. The Morgan fingerprint density at radius 3 is 2.75 bits per heavy atom. The number of para-hydroxylation sites is 1. The Balaban J connectivity index is 1.96. The van der Waals surface area contributed by atoms with Crippen LogP contribution < -0.4 is 15.4 Å². The van der Waals surface area contributed by atoms with Crippen molar-refractivity contribution in [3.05, 3.63) is 29.8 Å². The minimum Gasteiger partial charge on any atom is -0.483 e. The summed E-state index contributed by atoms with van der Waals surface area (Å²) in [6.45, 7) is 5.24. The first kappa shape index (κ1) is 14.9. The minimum atomic E-state index is -0.0289. The van der Waals surface area contributed by atoms with E-state index in [1.807, 2.05) is 18.2 Å². The molecule has 1 saturated carbocycles. The van der Waals surface area contributed by atoms with Gasteiger partial charge in [0.25, 0.3) is 5.91 Å². The quantitative estimate of drug-likeness (QED) is 0.766. The zero-order chi connectivity index (χ0) is 14.4. The van der Waals surface area contributed by atoms with E-state index in [4.69, 9.17) is 4.74 Å². The molecule has 0 bridgehead atoms. The number of ether oxygens (including phenoxy) is 1. The normalized spacial score (nSPS) is 15.7. The summed E-state index contributed by atoms with van der Waals surface area (Å²) in [5.41, 5.74) is 1.12. The predicted molar refractivity (Wildman–Crippen MR) is 79.8 cm³/mol. The van der Waals surface area contributed by atoms with Crippen LogP contribution in [0.2, 0.25) is 0 Å². The maximum Gasteiger partial charge on any atom is 0.258 e. The van der Waals surface area contributed by atoms with Gasteiger partial charge in [0.15, 0.2) is 6.61 Å². The molecule has 20 heavy (non-hydrogen) atoms. The molecule has 2 rings (SSSR count). The van der Waals surface area contributed by atoms with Gasteiger partial charge in [-0.1, -0.05) is 32.0 Å². The number of hydrogen-bond acceptors (Lipinski definition) is 3. The molecular weight excluding hydrogens is 252 g/mol. The topological polar surface area (TPSA) is 50.4 Å². The summed E-state index contributed by atoms with van der Waals surface area (Å²) in [5, 5.41) is 6.37. The molecule has 4 heteroatoms. The number of amides is 1. The van der Waals surface area contributed by atoms with E-state index in [0.717, 1.165) is 37.1 Å². The molecule has 0 aliphatic heterocycles. The Morgan fingerprint density at radius 1 is 1.35 bits per heavy atom. The van der Waals surface area contributed by atoms with Crippen molar-refractivity contribution in [3.8, 4) is 5.75 Å². The summed E-state index contributed by atoms with van der Waals surface area (Å²) >= 11 is 0. The van der Waals surface area contributed by atoms with Gasteiger partial charge < -0.3 is 15.4 Å². The van der Waals surface area contributed by atoms with Crippen molar-refractivity contribution in [2.75, 3.05) is 13.2 Å². The molecule has 1 amide bonds. The summed E-state index contributed by atoms with van der Waals surface area (Å²) in [7, 11) is 0. The first-order chi connectivity index (χ1) is 9.74. The van der Waals surface area contributed by atoms with Gasteiger partial charge in [-0.3, -0.25) is 4.79 Å². The molecule has 4 nitrogen and oxygen atoms in total. The summed E-state index contributed by atoms with van der Waals surface area (Å²) in [4.78, 5) is 11.7. The van der Waals surface area contributed by atoms with Crippen molar-refractivity contribution in [1.29, 1.82) is 0 Å². The Hall–Kier alpha value is -1.55. The first-order valence-corrected chi connectivity index (χ1v) is 7.49. The van der Waals surface area contributed by atoms with E-state index < -0.39 is 0 Å². The van der Waals surface area contributed by atoms with E-state index in [9.17, 15) is 4.79 Å². The number of rotatable bonds is 8. The number of benzene rings is 1. The van der Waals surface area contributed by atoms with Crippen LogP contribution in [0.15, 0.2) is 24.3 Å². The van der Waals surface area contributed by atoms with Crippen molar-refractivity contribution in [1.82, 2.24) is 10.6 Å². The van der Waals surface area contributed by atoms with Gasteiger partial charge in [0.1, 0.15) is 5.75 Å². The van der Waals surface area contributed by atoms with Crippen LogP contribution in [0.25, 0.3) is 0 Å². The summed E-state index contributed by atoms with van der Waals surface area (Å²) in [6.07, 6.45) is 3.18. The highest BCUT2D eigenvalue weighted by Crippen LogP contribution is 2.27. The van der Waals surface area contributed by atoms with E-state index in [2.05, 4.69) is 30.5 Å². The molecule has 1 atom stereocenters. The molecule has 0 aromatic heterocycles. The van der Waals surface area contributed by atoms with Crippen LogP contribution in [-0.2, 0) is 4.79 Å². The Labute approximate surface area is 120 Å². The number of carbonyl (C=O) groups excluding carboxylic acids is 1. The number of carbonyl (C=O) groups is 1. The fourth-order valence-electron chi connectivity index (χ4n) is 2.26. The maximum absolute atomic E-state index is 11.7. The van der Waals surface area contributed by atoms with Gasteiger partial charge in [-0.25, -0.2) is 0 Å². The second-order valence-electron chi connectivity index (χ2n) is 5.19. The molecule has 2 N–H and O–H groups in total. The van der Waals surface area contributed by atoms with Gasteiger partial charge in [0.05, 0.1) is 0 Å². The van der Waals surface area contributed by atoms with Gasteiger partial charge in [-0.05, 0) is 31.9 Å². The van der Waals surface area contributed by atoms with Crippen LogP contribution >= 0.6 is 0 Å². The predicted octanol–water partition coefficient (Wildman–Crippen LogP) is 2.40. The molecule has 110 valence electrons. The van der Waals surface area contributed by atoms with Crippen molar-refractivity contribution in [2.45, 2.75) is 45.2 Å². The lowest BCUT2D eigenvalue weighted by atomic mass is 10.0. The van der Waals surface area contributed by atoms with Crippen LogP contribution in [0.3, 0.4) is 0 Å². The molecule has 1 fully saturated rings. The summed E-state index contributed by atoms with van der Waals surface area (Å²) < 4.78 is 5.70. The lowest BCUT2D eigenvalue weighted by molar-refractivity contribution is -0.123. The lowest BCUT2D eigenvalue weighted by Crippen LogP contribution is -2.31. The summed E-state index contributed by atoms with van der Waals surface area (Å²) in [6, 6.07) is 8.59. The highest BCUT2D eigenvalue weighted by molar-refractivity contribution is 5.78. The summed E-state index contributed by atoms with van der Waals surface area (Å²) in [5.74, 6) is 0.769. The monoisotopic (exact) mass is 276 g/mol. The van der Waals surface area contributed by atoms with Crippen LogP contribution in [0, 0.1) is 0 Å². The molecule has 1 aliphatic carbocycles. The highest BCUT2D eigenvalue weighted by Gasteiger charge is 2.23. The van der Waals surface area contributed by atoms with Gasteiger partial charge >= 0.3 is 0 Å². The highest BCUT2D eigenvalue weighted by atomic mass is 16.5. The van der Waals surface area contributed by atoms with Crippen molar-refractivity contribution >= 4 is 5.91 Å². The molecule has 0 saturated heterocycles. The van der Waals surface area contributed by atoms with E-state index >= 15 is 0 Å². The van der Waals surface area contributed by atoms with Crippen molar-refractivity contribution in [2.24, 2.45) is 0 Å². The van der Waals surface area contributed by atoms with Crippen LogP contribution in [-0.4, -0.2) is 25.1 Å². The second-order valence-corrected chi connectivity index (χ2v) is 5.19. The molecule has 1 aliphatic rings. The van der Waals surface area contributed by atoms with Gasteiger partial charge in [-0.15, -0.1) is 0 Å². The Morgan fingerprint density at radius 2 is 2.10 bits per heavy atom. The average Bonchev–Trinajstić information content (AvgIpc) is 3.27. The van der Waals surface area contributed by atoms with Crippen molar-refractivity contribution < 1.29 is 9.53 Å². The first-order valence-electron chi connectivity index (χ1n) is 7.49. The molecule has 1 aromatic carbocycles. The fourth-order valence-corrected chi connectivity index (χ4v) is 2.26. The van der Waals surface area contributed by atoms with Gasteiger partial charge in [0.2, 0.25) is 0 Å². The SMILES string of the molecule is CCNC(CC)c1ccccc1OCC(=O)NC1CC1. The molecule has 0 spiro atoms. The second kappa shape index (κ2) is 7.29. The molecule has 1 aromatic rings. The van der Waals surface area contributed by atoms with Gasteiger partial charge in [0, 0.05) is 17.6 Å². The van der Waals surface area contributed by atoms with E-state index in [0.29, 0.717) is 6.04 Å². The van der Waals surface area contributed by atoms with Crippen LogP contribution in [0.4, 0.5) is 0 Å². The zero-order valence-corrected chi connectivity index (χ0v) is 12.3. The largest absolute Gasteiger partial charge is 0.483 e. The Kier molecular flexibility index (Phi) is 5.41. The molecule has 0 heterocycles. The average molecular weight is 276 g/mol. The number of nitrogens with one attached hydrogen (secondary N) is 2. The molecule has 1 unspecified atom stereocenters. The van der Waals surface area contributed by atoms with E-state index in [-0.39, 0.29) is 18.6 Å². The lowest BCUT2D eigenvalue weighted by Gasteiger charge is -2.19. The van der Waals surface area contributed by atoms with E-state index in [1.54, 1.807) is 0 Å². The van der Waals surface area contributed by atoms with E-state index in [1.165, 1.54) is 0 Å². The molecule has 0 radical (unpaired) electrons. The third-order valence-corrected chi connectivity index (χ3v) is 3.45. The standard InChI is InChI=1S/C16H24N2O2/c1-3-14(17-4-2)13-7-5-6-8-15(13)20-11-16(19)18-12-9-10-12/h5-8,12,14,17H,3-4,9-11H2,1-2H3,(H,18,19). The Bertz CT molecular complexity index is 444. The maximum atomic E-state index is 11.7. The van der Waals surface area contributed by atoms with Crippen LogP contribution in [0.5, 0.6) is 5.75 Å². The molecular formula is C16H24N2O2. The zero-order valence-electron chi connectivity index (χ0n) is 12.3. The number of hydrogen-bond donors (Lipinski definition) is 2. The van der Waals surface area contributed by atoms with Gasteiger partial charge in [-0.2, -0.15) is 0 Å². The third kappa shape index (κ3) is 4.23. The third-order valence-electron chi connectivity index (χ3n) is 3.45. The smallest absolute Gasteiger partial charge is 0.258 e. The van der Waals surface area contributed by atoms with Crippen LogP contribution in [0.1, 0.15) is 44.7 Å². The van der Waals surface area contributed by atoms with Crippen molar-refractivity contribution in [3.63, 3.8) is 0 Å². The minimum absolute atomic E-state index is 0.0289.